The van der Waals surface area contributed by atoms with E-state index in [1.807, 2.05) is 18.2 Å². The second-order valence-corrected chi connectivity index (χ2v) is 5.81. The van der Waals surface area contributed by atoms with E-state index in [4.69, 9.17) is 10.5 Å². The van der Waals surface area contributed by atoms with E-state index in [9.17, 15) is 0 Å². The van der Waals surface area contributed by atoms with Gasteiger partial charge in [-0.15, -0.1) is 0 Å². The van der Waals surface area contributed by atoms with Crippen molar-refractivity contribution < 1.29 is 4.74 Å². The van der Waals surface area contributed by atoms with Crippen molar-refractivity contribution in [2.75, 3.05) is 25.9 Å². The fourth-order valence-electron chi connectivity index (χ4n) is 3.05. The smallest absolute Gasteiger partial charge is 0.122 e. The van der Waals surface area contributed by atoms with Crippen molar-refractivity contribution in [3.05, 3.63) is 59.7 Å². The monoisotopic (exact) mass is 282 g/mol. The molecule has 1 aliphatic heterocycles. The van der Waals surface area contributed by atoms with Crippen LogP contribution in [-0.4, -0.2) is 25.1 Å². The second-order valence-electron chi connectivity index (χ2n) is 5.81. The van der Waals surface area contributed by atoms with E-state index in [1.165, 1.54) is 11.1 Å². The van der Waals surface area contributed by atoms with Crippen molar-refractivity contribution in [2.45, 2.75) is 18.9 Å². The normalized spacial score (nSPS) is 17.3. The first-order valence-electron chi connectivity index (χ1n) is 7.47. The van der Waals surface area contributed by atoms with Crippen LogP contribution in [0.5, 0.6) is 5.75 Å². The van der Waals surface area contributed by atoms with Crippen LogP contribution in [0, 0.1) is 0 Å². The van der Waals surface area contributed by atoms with E-state index in [1.54, 1.807) is 0 Å². The number of nitrogen functional groups attached to an aromatic ring is 1. The van der Waals surface area contributed by atoms with Crippen LogP contribution in [0.15, 0.2) is 48.5 Å². The lowest BCUT2D eigenvalue weighted by Gasteiger charge is -2.29. The van der Waals surface area contributed by atoms with Gasteiger partial charge in [0.2, 0.25) is 0 Å². The Labute approximate surface area is 126 Å². The molecule has 0 saturated carbocycles. The van der Waals surface area contributed by atoms with Gasteiger partial charge in [-0.1, -0.05) is 30.3 Å². The van der Waals surface area contributed by atoms with Crippen molar-refractivity contribution in [1.29, 1.82) is 0 Å². The summed E-state index contributed by atoms with van der Waals surface area (Å²) in [4.78, 5) is 2.36. The molecule has 0 saturated heterocycles. The number of ether oxygens (including phenoxy) is 1. The Morgan fingerprint density at radius 2 is 2.05 bits per heavy atom. The summed E-state index contributed by atoms with van der Waals surface area (Å²) in [5.41, 5.74) is 9.28. The molecule has 110 valence electrons. The Bertz CT molecular complexity index is 612. The van der Waals surface area contributed by atoms with Crippen molar-refractivity contribution in [3.8, 4) is 5.75 Å². The highest BCUT2D eigenvalue weighted by molar-refractivity contribution is 5.41. The zero-order chi connectivity index (χ0) is 14.7. The molecular formula is C18H22N2O. The fraction of sp³-hybridized carbons (Fsp3) is 0.333. The van der Waals surface area contributed by atoms with Gasteiger partial charge in [-0.05, 0) is 42.8 Å². The molecule has 3 heteroatoms. The molecule has 3 rings (SSSR count). The van der Waals surface area contributed by atoms with Gasteiger partial charge in [-0.2, -0.15) is 0 Å². The third kappa shape index (κ3) is 3.37. The van der Waals surface area contributed by atoms with Gasteiger partial charge in [0.05, 0.1) is 6.61 Å². The lowest BCUT2D eigenvalue weighted by molar-refractivity contribution is 0.228. The third-order valence-electron chi connectivity index (χ3n) is 4.02. The molecule has 0 aliphatic carbocycles. The van der Waals surface area contributed by atoms with E-state index in [0.717, 1.165) is 37.6 Å². The zero-order valence-corrected chi connectivity index (χ0v) is 12.5. The van der Waals surface area contributed by atoms with Gasteiger partial charge >= 0.3 is 0 Å². The summed E-state index contributed by atoms with van der Waals surface area (Å²) in [6.07, 6.45) is 1.08. The number of hydrogen-bond acceptors (Lipinski definition) is 3. The van der Waals surface area contributed by atoms with Gasteiger partial charge in [-0.3, -0.25) is 0 Å². The first-order chi connectivity index (χ1) is 10.2. The van der Waals surface area contributed by atoms with E-state index < -0.39 is 0 Å². The molecule has 0 fully saturated rings. The summed E-state index contributed by atoms with van der Waals surface area (Å²) in [7, 11) is 2.17. The van der Waals surface area contributed by atoms with E-state index in [2.05, 4.69) is 42.3 Å². The molecular weight excluding hydrogens is 260 g/mol. The van der Waals surface area contributed by atoms with Crippen LogP contribution < -0.4 is 10.5 Å². The topological polar surface area (TPSA) is 38.5 Å². The number of hydrogen-bond donors (Lipinski definition) is 1. The minimum atomic E-state index is 0.543. The standard InChI is InChI=1S/C18H22N2O/c1-20(12-14-5-4-6-16(19)11-14)13-15-9-10-21-18-8-3-2-7-17(15)18/h2-8,11,15H,9-10,12-13,19H2,1H3. The van der Waals surface area contributed by atoms with Gasteiger partial charge in [-0.25, -0.2) is 0 Å². The van der Waals surface area contributed by atoms with Crippen molar-refractivity contribution >= 4 is 5.69 Å². The number of para-hydroxylation sites is 1. The average molecular weight is 282 g/mol. The van der Waals surface area contributed by atoms with Crippen molar-refractivity contribution in [2.24, 2.45) is 0 Å². The summed E-state index contributed by atoms with van der Waals surface area (Å²) in [6, 6.07) is 16.5. The fourth-order valence-corrected chi connectivity index (χ4v) is 3.05. The summed E-state index contributed by atoms with van der Waals surface area (Å²) in [5, 5.41) is 0. The van der Waals surface area contributed by atoms with E-state index in [0.29, 0.717) is 5.92 Å². The number of rotatable bonds is 4. The first kappa shape index (κ1) is 14.0. The molecule has 0 aromatic heterocycles. The van der Waals surface area contributed by atoms with Crippen LogP contribution in [0.25, 0.3) is 0 Å². The van der Waals surface area contributed by atoms with Crippen LogP contribution in [0.2, 0.25) is 0 Å². The van der Waals surface area contributed by atoms with Crippen LogP contribution in [0.3, 0.4) is 0 Å². The van der Waals surface area contributed by atoms with Gasteiger partial charge in [0.25, 0.3) is 0 Å². The number of fused-ring (bicyclic) bond motifs is 1. The molecule has 0 spiro atoms. The van der Waals surface area contributed by atoms with Crippen molar-refractivity contribution in [3.63, 3.8) is 0 Å². The predicted molar refractivity (Wildman–Crippen MR) is 86.5 cm³/mol. The van der Waals surface area contributed by atoms with E-state index >= 15 is 0 Å². The number of benzene rings is 2. The highest BCUT2D eigenvalue weighted by Crippen LogP contribution is 2.33. The Balaban J connectivity index is 1.67. The summed E-state index contributed by atoms with van der Waals surface area (Å²) in [5.74, 6) is 1.59. The summed E-state index contributed by atoms with van der Waals surface area (Å²) in [6.45, 7) is 2.77. The summed E-state index contributed by atoms with van der Waals surface area (Å²) >= 11 is 0. The number of nitrogens with zero attached hydrogens (tertiary/aromatic N) is 1. The molecule has 0 amide bonds. The molecule has 1 aliphatic rings. The Kier molecular flexibility index (Phi) is 4.11. The van der Waals surface area contributed by atoms with Crippen molar-refractivity contribution in [1.82, 2.24) is 4.90 Å². The minimum Gasteiger partial charge on any atom is -0.493 e. The Morgan fingerprint density at radius 1 is 1.19 bits per heavy atom. The SMILES string of the molecule is CN(Cc1cccc(N)c1)CC1CCOc2ccccc21. The highest BCUT2D eigenvalue weighted by atomic mass is 16.5. The maximum Gasteiger partial charge on any atom is 0.122 e. The van der Waals surface area contributed by atoms with Crippen LogP contribution in [-0.2, 0) is 6.54 Å². The van der Waals surface area contributed by atoms with Gasteiger partial charge in [0.15, 0.2) is 0 Å². The van der Waals surface area contributed by atoms with Gasteiger partial charge in [0.1, 0.15) is 5.75 Å². The molecule has 3 nitrogen and oxygen atoms in total. The molecule has 1 heterocycles. The highest BCUT2D eigenvalue weighted by Gasteiger charge is 2.22. The predicted octanol–water partition coefficient (Wildman–Crippen LogP) is 3.27. The number of anilines is 1. The third-order valence-corrected chi connectivity index (χ3v) is 4.02. The van der Waals surface area contributed by atoms with Gasteiger partial charge < -0.3 is 15.4 Å². The zero-order valence-electron chi connectivity index (χ0n) is 12.5. The maximum atomic E-state index is 5.85. The average Bonchev–Trinajstić information content (AvgIpc) is 2.47. The Morgan fingerprint density at radius 3 is 2.90 bits per heavy atom. The van der Waals surface area contributed by atoms with Gasteiger partial charge in [0, 0.05) is 24.7 Å². The Hall–Kier alpha value is -2.00. The molecule has 0 bridgehead atoms. The maximum absolute atomic E-state index is 5.85. The van der Waals surface area contributed by atoms with Crippen LogP contribution in [0.1, 0.15) is 23.5 Å². The molecule has 2 N–H and O–H groups in total. The second kappa shape index (κ2) is 6.19. The molecule has 21 heavy (non-hydrogen) atoms. The largest absolute Gasteiger partial charge is 0.493 e. The molecule has 2 aromatic carbocycles. The molecule has 1 unspecified atom stereocenters. The lowest BCUT2D eigenvalue weighted by atomic mass is 9.92. The first-order valence-corrected chi connectivity index (χ1v) is 7.47. The molecule has 2 aromatic rings. The minimum absolute atomic E-state index is 0.543. The number of likely N-dealkylation sites (N-methyl/N-ethyl adjacent to an activating group) is 1. The molecule has 0 radical (unpaired) electrons. The quantitative estimate of drug-likeness (QED) is 0.875. The number of nitrogens with two attached hydrogens (primary N) is 1. The summed E-state index contributed by atoms with van der Waals surface area (Å²) < 4.78 is 5.73. The van der Waals surface area contributed by atoms with E-state index in [-0.39, 0.29) is 0 Å². The molecule has 1 atom stereocenters. The van der Waals surface area contributed by atoms with Crippen LogP contribution in [0.4, 0.5) is 5.69 Å². The van der Waals surface area contributed by atoms with Crippen LogP contribution >= 0.6 is 0 Å². The lowest BCUT2D eigenvalue weighted by Crippen LogP contribution is -2.27.